The summed E-state index contributed by atoms with van der Waals surface area (Å²) in [5.41, 5.74) is 0. The zero-order chi connectivity index (χ0) is 12.2. The van der Waals surface area contributed by atoms with Gasteiger partial charge in [-0.3, -0.25) is 0 Å². The summed E-state index contributed by atoms with van der Waals surface area (Å²) in [5, 5.41) is 8.90. The van der Waals surface area contributed by atoms with Crippen LogP contribution in [0.3, 0.4) is 0 Å². The summed E-state index contributed by atoms with van der Waals surface area (Å²) >= 11 is -2.44. The van der Waals surface area contributed by atoms with E-state index in [1.807, 2.05) is 0 Å². The zero-order valence-electron chi connectivity index (χ0n) is 9.69. The van der Waals surface area contributed by atoms with Gasteiger partial charge in [0.15, 0.2) is 0 Å². The van der Waals surface area contributed by atoms with Crippen molar-refractivity contribution in [3.8, 4) is 0 Å². The molecule has 4 nitrogen and oxygen atoms in total. The van der Waals surface area contributed by atoms with Gasteiger partial charge in [-0.2, -0.15) is 0 Å². The average molecular weight is 297 g/mol. The van der Waals surface area contributed by atoms with E-state index in [0.717, 1.165) is 51.4 Å². The fourth-order valence-corrected chi connectivity index (χ4v) is 2.51. The van der Waals surface area contributed by atoms with E-state index in [0.29, 0.717) is 5.32 Å². The van der Waals surface area contributed by atoms with Crippen LogP contribution < -0.4 is 0 Å². The third-order valence-corrected chi connectivity index (χ3v) is 3.80. The number of carboxylic acids is 1. The molecule has 0 heterocycles. The Labute approximate surface area is 101 Å². The van der Waals surface area contributed by atoms with E-state index in [9.17, 15) is 8.63 Å². The van der Waals surface area contributed by atoms with Crippen LogP contribution >= 0.6 is 0 Å². The molecule has 0 bridgehead atoms. The van der Waals surface area contributed by atoms with Crippen LogP contribution in [0.15, 0.2) is 0 Å². The molecule has 0 aliphatic carbocycles. The van der Waals surface area contributed by atoms with Crippen LogP contribution in [-0.4, -0.2) is 29.4 Å². The number of hydrogen-bond acceptors (Lipinski definition) is 2. The molecule has 0 aliphatic rings. The van der Waals surface area contributed by atoms with E-state index >= 15 is 0 Å². The Balaban J connectivity index is 2.98. The standard InChI is InChI=1S/C11H22O4Se/c12-11(13)9-7-5-3-1-2-4-6-8-10-16(14)15/h1-10H2,(H,12,13)(H,14,15). The van der Waals surface area contributed by atoms with Crippen molar-refractivity contribution in [2.45, 2.75) is 63.1 Å². The number of carbonyl (C=O) groups is 1. The fourth-order valence-electron chi connectivity index (χ4n) is 1.56. The minimum absolute atomic E-state index is 0.283. The molecule has 96 valence electrons. The predicted molar refractivity (Wildman–Crippen MR) is 62.7 cm³/mol. The quantitative estimate of drug-likeness (QED) is 0.454. The van der Waals surface area contributed by atoms with Gasteiger partial charge in [0.05, 0.1) is 0 Å². The molecule has 0 saturated heterocycles. The molecule has 0 amide bonds. The Morgan fingerprint density at radius 3 is 1.75 bits per heavy atom. The number of aliphatic carboxylic acids is 1. The van der Waals surface area contributed by atoms with Crippen LogP contribution in [0.1, 0.15) is 57.8 Å². The maximum absolute atomic E-state index is 10.4. The van der Waals surface area contributed by atoms with Crippen molar-refractivity contribution in [1.82, 2.24) is 0 Å². The summed E-state index contributed by atoms with van der Waals surface area (Å²) in [6.45, 7) is 0. The van der Waals surface area contributed by atoms with E-state index in [4.69, 9.17) is 9.30 Å². The molecule has 0 radical (unpaired) electrons. The van der Waals surface area contributed by atoms with Crippen molar-refractivity contribution in [3.63, 3.8) is 0 Å². The van der Waals surface area contributed by atoms with E-state index in [1.54, 1.807) is 0 Å². The van der Waals surface area contributed by atoms with E-state index in [-0.39, 0.29) is 6.42 Å². The third-order valence-electron chi connectivity index (χ3n) is 2.46. The van der Waals surface area contributed by atoms with Crippen molar-refractivity contribution >= 4 is 20.1 Å². The van der Waals surface area contributed by atoms with Crippen molar-refractivity contribution < 1.29 is 17.9 Å². The predicted octanol–water partition coefficient (Wildman–Crippen LogP) is 2.49. The molecule has 0 fully saturated rings. The molecule has 0 aromatic rings. The van der Waals surface area contributed by atoms with E-state index in [1.165, 1.54) is 0 Å². The van der Waals surface area contributed by atoms with Crippen molar-refractivity contribution in [1.29, 1.82) is 0 Å². The Morgan fingerprint density at radius 2 is 1.31 bits per heavy atom. The first-order valence-electron chi connectivity index (χ1n) is 5.92. The molecule has 16 heavy (non-hydrogen) atoms. The Hall–Kier alpha value is -0.251. The Bertz CT molecular complexity index is 184. The molecule has 1 atom stereocenters. The van der Waals surface area contributed by atoms with Crippen LogP contribution in [0, 0.1) is 0 Å². The van der Waals surface area contributed by atoms with Gasteiger partial charge in [0.1, 0.15) is 0 Å². The first-order valence-corrected chi connectivity index (χ1v) is 8.60. The van der Waals surface area contributed by atoms with Crippen molar-refractivity contribution in [3.05, 3.63) is 0 Å². The van der Waals surface area contributed by atoms with Gasteiger partial charge in [0, 0.05) is 0 Å². The first kappa shape index (κ1) is 15.7. The van der Waals surface area contributed by atoms with Gasteiger partial charge in [0.25, 0.3) is 0 Å². The van der Waals surface area contributed by atoms with Gasteiger partial charge in [-0.05, 0) is 0 Å². The molecule has 5 heteroatoms. The molecular weight excluding hydrogens is 275 g/mol. The number of carboxylic acid groups (broad SMARTS) is 1. The minimum atomic E-state index is -2.44. The summed E-state index contributed by atoms with van der Waals surface area (Å²) in [6.07, 6.45) is 8.49. The van der Waals surface area contributed by atoms with Gasteiger partial charge in [-0.15, -0.1) is 0 Å². The number of rotatable bonds is 11. The van der Waals surface area contributed by atoms with Gasteiger partial charge in [0.2, 0.25) is 0 Å². The molecule has 0 saturated carbocycles. The van der Waals surface area contributed by atoms with Crippen molar-refractivity contribution in [2.24, 2.45) is 0 Å². The number of hydrogen-bond donors (Lipinski definition) is 2. The summed E-state index contributed by atoms with van der Waals surface area (Å²) in [6, 6.07) is 0. The second-order valence-electron chi connectivity index (χ2n) is 4.00. The molecular formula is C11H22O4Se. The second-order valence-corrected chi connectivity index (χ2v) is 6.20. The fraction of sp³-hybridized carbons (Fsp3) is 0.909. The molecule has 1 unspecified atom stereocenters. The molecule has 0 spiro atoms. The van der Waals surface area contributed by atoms with Crippen LogP contribution in [0.5, 0.6) is 0 Å². The SMILES string of the molecule is O=C(O)CCCCCCCCCC[Se](=O)O. The Kier molecular flexibility index (Phi) is 11.1. The van der Waals surface area contributed by atoms with Gasteiger partial charge in [-0.1, -0.05) is 0 Å². The monoisotopic (exact) mass is 298 g/mol. The van der Waals surface area contributed by atoms with Crippen LogP contribution in [0.25, 0.3) is 0 Å². The molecule has 0 rings (SSSR count). The van der Waals surface area contributed by atoms with E-state index < -0.39 is 20.1 Å². The first-order chi connectivity index (χ1) is 7.63. The topological polar surface area (TPSA) is 74.6 Å². The Morgan fingerprint density at radius 1 is 0.875 bits per heavy atom. The van der Waals surface area contributed by atoms with Crippen LogP contribution in [-0.2, 0) is 8.63 Å². The summed E-state index contributed by atoms with van der Waals surface area (Å²) < 4.78 is 19.0. The molecule has 0 aliphatic heterocycles. The molecule has 2 N–H and O–H groups in total. The van der Waals surface area contributed by atoms with Crippen LogP contribution in [0.4, 0.5) is 0 Å². The average Bonchev–Trinajstić information content (AvgIpc) is 2.20. The summed E-state index contributed by atoms with van der Waals surface area (Å²) in [5.74, 6) is -0.708. The molecule has 0 aromatic heterocycles. The maximum atomic E-state index is 10.4. The second kappa shape index (κ2) is 11.2. The third kappa shape index (κ3) is 13.7. The van der Waals surface area contributed by atoms with Crippen LogP contribution in [0.2, 0.25) is 5.32 Å². The number of unbranched alkanes of at least 4 members (excludes halogenated alkanes) is 7. The van der Waals surface area contributed by atoms with Gasteiger partial charge < -0.3 is 0 Å². The normalized spacial score (nSPS) is 12.6. The van der Waals surface area contributed by atoms with Gasteiger partial charge in [-0.25, -0.2) is 0 Å². The summed E-state index contributed by atoms with van der Waals surface area (Å²) in [7, 11) is 0. The van der Waals surface area contributed by atoms with E-state index in [2.05, 4.69) is 0 Å². The van der Waals surface area contributed by atoms with Crippen molar-refractivity contribution in [2.75, 3.05) is 0 Å². The van der Waals surface area contributed by atoms with Gasteiger partial charge >= 0.3 is 101 Å². The summed E-state index contributed by atoms with van der Waals surface area (Å²) in [4.78, 5) is 10.2. The zero-order valence-corrected chi connectivity index (χ0v) is 11.4. The molecule has 0 aromatic carbocycles.